The van der Waals surface area contributed by atoms with E-state index < -0.39 is 0 Å². The lowest BCUT2D eigenvalue weighted by atomic mass is 9.56. The normalized spacial score (nSPS) is 46.4. The van der Waals surface area contributed by atoms with Gasteiger partial charge in [0.1, 0.15) is 11.5 Å². The zero-order valence-electron chi connectivity index (χ0n) is 27.8. The topological polar surface area (TPSA) is 38.8 Å². The Hall–Kier alpha value is -2.43. The average molecular weight is 606 g/mol. The SMILES string of the molecule is C[C@H]1C[C@H]2O[C@]3(CC[C@H]4[C@@H]5CCC6=CC(=O)CC[C@]6(C)[C@H]5CC45CC53C)[C@H](C)[C@@H]2N(Cc2ccc(Oc3ccccc3)cc2)C1. The largest absolute Gasteiger partial charge is 0.457 e. The van der Waals surface area contributed by atoms with E-state index in [0.717, 1.165) is 61.6 Å². The number of para-hydroxylation sites is 1. The number of carbonyl (C=O) groups excluding carboxylic acids is 1. The molecule has 4 heteroatoms. The summed E-state index contributed by atoms with van der Waals surface area (Å²) >= 11 is 0. The number of hydrogen-bond acceptors (Lipinski definition) is 4. The summed E-state index contributed by atoms with van der Waals surface area (Å²) in [6.45, 7) is 12.3. The Morgan fingerprint density at radius 1 is 0.933 bits per heavy atom. The number of nitrogens with zero attached hydrogens (tertiary/aromatic N) is 1. The third kappa shape index (κ3) is 3.94. The Bertz CT molecular complexity index is 1530. The predicted octanol–water partition coefficient (Wildman–Crippen LogP) is 8.99. The fraction of sp³-hybridized carbons (Fsp3) is 0.634. The van der Waals surface area contributed by atoms with E-state index in [4.69, 9.17) is 9.47 Å². The van der Waals surface area contributed by atoms with Crippen molar-refractivity contribution in [2.24, 2.45) is 45.8 Å². The number of ketones is 1. The van der Waals surface area contributed by atoms with E-state index in [-0.39, 0.29) is 16.4 Å². The molecule has 0 N–H and O–H groups in total. The van der Waals surface area contributed by atoms with Crippen molar-refractivity contribution in [1.29, 1.82) is 0 Å². The van der Waals surface area contributed by atoms with Crippen molar-refractivity contribution >= 4 is 5.78 Å². The molecule has 0 aromatic heterocycles. The molecule has 0 amide bonds. The van der Waals surface area contributed by atoms with Gasteiger partial charge in [-0.25, -0.2) is 0 Å². The molecule has 2 aromatic rings. The van der Waals surface area contributed by atoms with Crippen molar-refractivity contribution in [3.05, 3.63) is 71.8 Å². The van der Waals surface area contributed by atoms with E-state index in [0.29, 0.717) is 35.2 Å². The quantitative estimate of drug-likeness (QED) is 0.349. The average Bonchev–Trinajstić information content (AvgIpc) is 3.37. The van der Waals surface area contributed by atoms with Crippen molar-refractivity contribution < 1.29 is 14.3 Å². The van der Waals surface area contributed by atoms with Crippen molar-refractivity contribution in [3.8, 4) is 11.5 Å². The van der Waals surface area contributed by atoms with Crippen molar-refractivity contribution in [3.63, 3.8) is 0 Å². The molecule has 45 heavy (non-hydrogen) atoms. The Morgan fingerprint density at radius 3 is 2.51 bits per heavy atom. The molecule has 9 rings (SSSR count). The molecule has 0 bridgehead atoms. The number of piperidine rings is 1. The molecule has 2 aliphatic heterocycles. The van der Waals surface area contributed by atoms with E-state index in [9.17, 15) is 4.79 Å². The van der Waals surface area contributed by atoms with Crippen LogP contribution < -0.4 is 4.74 Å². The summed E-state index contributed by atoms with van der Waals surface area (Å²) in [7, 11) is 0. The van der Waals surface area contributed by atoms with E-state index in [1.807, 2.05) is 30.3 Å². The lowest BCUT2D eigenvalue weighted by Crippen LogP contribution is -2.54. The maximum Gasteiger partial charge on any atom is 0.155 e. The fourth-order valence-corrected chi connectivity index (χ4v) is 13.1. The third-order valence-corrected chi connectivity index (χ3v) is 15.1. The van der Waals surface area contributed by atoms with Crippen LogP contribution in [0.25, 0.3) is 0 Å². The zero-order valence-corrected chi connectivity index (χ0v) is 27.8. The molecule has 4 saturated carbocycles. The minimum atomic E-state index is -0.00980. The van der Waals surface area contributed by atoms with Gasteiger partial charge in [0.25, 0.3) is 0 Å². The van der Waals surface area contributed by atoms with Crippen LogP contribution in [0.15, 0.2) is 66.2 Å². The Labute approximate surface area is 269 Å². The summed E-state index contributed by atoms with van der Waals surface area (Å²) in [4.78, 5) is 15.2. The third-order valence-electron chi connectivity index (χ3n) is 15.1. The smallest absolute Gasteiger partial charge is 0.155 e. The van der Waals surface area contributed by atoms with Crippen LogP contribution >= 0.6 is 0 Å². The number of benzene rings is 2. The minimum Gasteiger partial charge on any atom is -0.457 e. The van der Waals surface area contributed by atoms with Crippen molar-refractivity contribution in [2.75, 3.05) is 6.54 Å². The standard InChI is InChI=1S/C41H51NO3/c1-26-20-36-37(42(23-26)24-28-10-13-32(14-11-28)44-31-8-6-5-7-9-31)27(2)41(45-36)19-17-34-33-15-12-29-21-30(43)16-18-38(29,3)35(33)22-40(34)25-39(40,41)4/h5-11,13-14,21,26-27,33-37H,12,15-20,22-25H2,1-4H3/t26-,27+,33-,34-,35-,36+,37-,38-,39?,40?,41+/m0/s1. The maximum absolute atomic E-state index is 12.4. The van der Waals surface area contributed by atoms with E-state index in [1.165, 1.54) is 49.7 Å². The summed E-state index contributed by atoms with van der Waals surface area (Å²) in [5, 5.41) is 0. The highest BCUT2D eigenvalue weighted by Gasteiger charge is 2.84. The Balaban J connectivity index is 0.968. The molecule has 7 aliphatic rings. The van der Waals surface area contributed by atoms with E-state index in [2.05, 4.69) is 62.9 Å². The molecule has 2 saturated heterocycles. The van der Waals surface area contributed by atoms with Crippen LogP contribution in [0, 0.1) is 45.8 Å². The maximum atomic E-state index is 12.4. The monoisotopic (exact) mass is 605 g/mol. The molecule has 11 atom stereocenters. The van der Waals surface area contributed by atoms with E-state index >= 15 is 0 Å². The second-order valence-electron chi connectivity index (χ2n) is 17.0. The summed E-state index contributed by atoms with van der Waals surface area (Å²) in [5.74, 6) is 5.74. The van der Waals surface area contributed by atoms with Gasteiger partial charge >= 0.3 is 0 Å². The summed E-state index contributed by atoms with van der Waals surface area (Å²) in [6, 6.07) is 19.3. The van der Waals surface area contributed by atoms with Crippen molar-refractivity contribution in [1.82, 2.24) is 4.90 Å². The number of ether oxygens (including phenoxy) is 2. The van der Waals surface area contributed by atoms with Crippen LogP contribution in [0.4, 0.5) is 0 Å². The Kier molecular flexibility index (Phi) is 6.26. The van der Waals surface area contributed by atoms with Gasteiger partial charge in [-0.1, -0.05) is 63.6 Å². The summed E-state index contributed by atoms with van der Waals surface area (Å²) < 4.78 is 13.7. The highest BCUT2D eigenvalue weighted by molar-refractivity contribution is 5.91. The highest BCUT2D eigenvalue weighted by Crippen LogP contribution is 2.87. The number of rotatable bonds is 4. The molecule has 0 radical (unpaired) electrons. The zero-order chi connectivity index (χ0) is 30.8. The van der Waals surface area contributed by atoms with Crippen LogP contribution in [-0.2, 0) is 16.1 Å². The fourth-order valence-electron chi connectivity index (χ4n) is 13.1. The van der Waals surface area contributed by atoms with Gasteiger partial charge in [-0.2, -0.15) is 0 Å². The number of fused-ring (bicyclic) bond motifs is 6. The number of hydrogen-bond donors (Lipinski definition) is 0. The first-order chi connectivity index (χ1) is 21.7. The first kappa shape index (κ1) is 28.8. The second kappa shape index (κ2) is 9.80. The van der Waals surface area contributed by atoms with Gasteiger partial charge in [-0.15, -0.1) is 0 Å². The van der Waals surface area contributed by atoms with Crippen molar-refractivity contribution in [2.45, 2.75) is 110 Å². The molecule has 2 spiro atoms. The van der Waals surface area contributed by atoms with Crippen LogP contribution in [0.1, 0.15) is 91.0 Å². The predicted molar refractivity (Wildman–Crippen MR) is 177 cm³/mol. The molecule has 238 valence electrons. The molecule has 2 unspecified atom stereocenters. The van der Waals surface area contributed by atoms with Crippen LogP contribution in [0.3, 0.4) is 0 Å². The van der Waals surface area contributed by atoms with Crippen LogP contribution in [-0.4, -0.2) is 35.0 Å². The highest BCUT2D eigenvalue weighted by atomic mass is 16.5. The number of carbonyl (C=O) groups is 1. The van der Waals surface area contributed by atoms with Gasteiger partial charge in [0.2, 0.25) is 0 Å². The summed E-state index contributed by atoms with van der Waals surface area (Å²) in [5.41, 5.74) is 3.79. The number of likely N-dealkylation sites (tertiary alicyclic amines) is 1. The molecule has 6 fully saturated rings. The lowest BCUT2D eigenvalue weighted by Gasteiger charge is -2.50. The lowest BCUT2D eigenvalue weighted by molar-refractivity contribution is -0.148. The number of allylic oxidation sites excluding steroid dienone is 2. The molecular formula is C41H51NO3. The van der Waals surface area contributed by atoms with Gasteiger partial charge in [0, 0.05) is 36.9 Å². The molecule has 2 heterocycles. The summed E-state index contributed by atoms with van der Waals surface area (Å²) in [6.07, 6.45) is 13.2. The minimum absolute atomic E-state index is 0.00980. The second-order valence-corrected chi connectivity index (χ2v) is 17.0. The van der Waals surface area contributed by atoms with Gasteiger partial charge in [-0.3, -0.25) is 9.69 Å². The van der Waals surface area contributed by atoms with Gasteiger partial charge < -0.3 is 9.47 Å². The molecule has 4 nitrogen and oxygen atoms in total. The molecule has 5 aliphatic carbocycles. The van der Waals surface area contributed by atoms with E-state index in [1.54, 1.807) is 0 Å². The first-order valence-electron chi connectivity index (χ1n) is 18.1. The Morgan fingerprint density at radius 2 is 1.71 bits per heavy atom. The van der Waals surface area contributed by atoms with Gasteiger partial charge in [0.15, 0.2) is 5.78 Å². The molecular weight excluding hydrogens is 554 g/mol. The van der Waals surface area contributed by atoms with Crippen LogP contribution in [0.2, 0.25) is 0 Å². The van der Waals surface area contributed by atoms with Crippen LogP contribution in [0.5, 0.6) is 11.5 Å². The first-order valence-corrected chi connectivity index (χ1v) is 18.1. The van der Waals surface area contributed by atoms with Gasteiger partial charge in [0.05, 0.1) is 11.7 Å². The molecule has 2 aromatic carbocycles. The van der Waals surface area contributed by atoms with Gasteiger partial charge in [-0.05, 0) is 122 Å².